The molecule has 21 heavy (non-hydrogen) atoms. The number of fused-ring (bicyclic) bond motifs is 2. The van der Waals surface area contributed by atoms with E-state index in [1.54, 1.807) is 23.1 Å². The Kier molecular flexibility index (Phi) is 2.28. The molecule has 0 fully saturated rings. The SMILES string of the molecule is O=[N+]([O-])c1ccc2nn(-c3ccnc4[nH]ccc34)cc2c1. The third-order valence-corrected chi connectivity index (χ3v) is 3.38. The van der Waals surface area contributed by atoms with Crippen molar-refractivity contribution >= 4 is 27.6 Å². The highest BCUT2D eigenvalue weighted by molar-refractivity contribution is 5.86. The van der Waals surface area contributed by atoms with E-state index >= 15 is 0 Å². The quantitative estimate of drug-likeness (QED) is 0.451. The van der Waals surface area contributed by atoms with Crippen LogP contribution in [0.4, 0.5) is 5.69 Å². The first-order chi connectivity index (χ1) is 10.2. The number of rotatable bonds is 2. The zero-order valence-corrected chi connectivity index (χ0v) is 10.7. The second kappa shape index (κ2) is 4.14. The first-order valence-electron chi connectivity index (χ1n) is 6.29. The average Bonchev–Trinajstić information content (AvgIpc) is 3.12. The lowest BCUT2D eigenvalue weighted by Crippen LogP contribution is -1.95. The van der Waals surface area contributed by atoms with Gasteiger partial charge in [-0.25, -0.2) is 9.67 Å². The van der Waals surface area contributed by atoms with E-state index in [4.69, 9.17) is 0 Å². The zero-order valence-electron chi connectivity index (χ0n) is 10.7. The summed E-state index contributed by atoms with van der Waals surface area (Å²) in [4.78, 5) is 17.7. The molecule has 0 aliphatic heterocycles. The van der Waals surface area contributed by atoms with Gasteiger partial charge in [0.1, 0.15) is 5.65 Å². The van der Waals surface area contributed by atoms with Gasteiger partial charge >= 0.3 is 0 Å². The van der Waals surface area contributed by atoms with E-state index in [2.05, 4.69) is 15.1 Å². The minimum atomic E-state index is -0.409. The van der Waals surface area contributed by atoms with Gasteiger partial charge in [0.05, 0.1) is 16.1 Å². The highest BCUT2D eigenvalue weighted by atomic mass is 16.6. The van der Waals surface area contributed by atoms with Crippen LogP contribution in [0.15, 0.2) is 48.9 Å². The number of hydrogen-bond donors (Lipinski definition) is 1. The van der Waals surface area contributed by atoms with Crippen LogP contribution in [0.25, 0.3) is 27.6 Å². The molecule has 0 unspecified atom stereocenters. The molecule has 4 rings (SSSR count). The predicted molar refractivity (Wildman–Crippen MR) is 77.4 cm³/mol. The van der Waals surface area contributed by atoms with Crippen molar-refractivity contribution in [2.75, 3.05) is 0 Å². The summed E-state index contributed by atoms with van der Waals surface area (Å²) in [6.07, 6.45) is 5.29. The normalized spacial score (nSPS) is 11.2. The summed E-state index contributed by atoms with van der Waals surface area (Å²) in [7, 11) is 0. The number of hydrogen-bond acceptors (Lipinski definition) is 4. The van der Waals surface area contributed by atoms with Crippen molar-refractivity contribution in [2.45, 2.75) is 0 Å². The molecule has 1 N–H and O–H groups in total. The van der Waals surface area contributed by atoms with Gasteiger partial charge in [-0.1, -0.05) is 0 Å². The smallest absolute Gasteiger partial charge is 0.270 e. The van der Waals surface area contributed by atoms with Gasteiger partial charge in [0.25, 0.3) is 5.69 Å². The van der Waals surface area contributed by atoms with Gasteiger partial charge in [0, 0.05) is 41.5 Å². The lowest BCUT2D eigenvalue weighted by Gasteiger charge is -2.01. The molecule has 0 atom stereocenters. The molecule has 0 aliphatic carbocycles. The molecule has 4 aromatic rings. The summed E-state index contributed by atoms with van der Waals surface area (Å²) in [5, 5.41) is 17.0. The number of nitrogens with zero attached hydrogens (tertiary/aromatic N) is 4. The topological polar surface area (TPSA) is 89.6 Å². The molecule has 0 spiro atoms. The second-order valence-corrected chi connectivity index (χ2v) is 4.64. The number of H-pyrrole nitrogens is 1. The van der Waals surface area contributed by atoms with Crippen LogP contribution in [-0.2, 0) is 0 Å². The fourth-order valence-electron chi connectivity index (χ4n) is 2.40. The first kappa shape index (κ1) is 11.6. The van der Waals surface area contributed by atoms with Crippen LogP contribution < -0.4 is 0 Å². The fourth-order valence-corrected chi connectivity index (χ4v) is 2.40. The first-order valence-corrected chi connectivity index (χ1v) is 6.29. The Morgan fingerprint density at radius 1 is 1.24 bits per heavy atom. The van der Waals surface area contributed by atoms with Gasteiger partial charge in [-0.2, -0.15) is 5.10 Å². The van der Waals surface area contributed by atoms with Crippen molar-refractivity contribution in [3.05, 3.63) is 59.0 Å². The largest absolute Gasteiger partial charge is 0.346 e. The van der Waals surface area contributed by atoms with Gasteiger partial charge in [0.15, 0.2) is 0 Å². The highest BCUT2D eigenvalue weighted by Gasteiger charge is 2.11. The molecule has 0 amide bonds. The predicted octanol–water partition coefficient (Wildman–Crippen LogP) is 2.81. The fraction of sp³-hybridized carbons (Fsp3) is 0. The standard InChI is InChI=1S/C14H9N5O2/c20-19(21)10-1-2-12-9(7-10)8-18(17-12)13-4-6-16-14-11(13)3-5-15-14/h1-8H,(H,15,16). The van der Waals surface area contributed by atoms with Crippen molar-refractivity contribution in [1.82, 2.24) is 19.7 Å². The summed E-state index contributed by atoms with van der Waals surface area (Å²) in [5.41, 5.74) is 2.42. The van der Waals surface area contributed by atoms with Gasteiger partial charge in [0.2, 0.25) is 0 Å². The van der Waals surface area contributed by atoms with Crippen molar-refractivity contribution in [3.8, 4) is 5.69 Å². The van der Waals surface area contributed by atoms with E-state index in [0.717, 1.165) is 22.1 Å². The third kappa shape index (κ3) is 1.75. The Balaban J connectivity index is 1.94. The van der Waals surface area contributed by atoms with Crippen molar-refractivity contribution in [2.24, 2.45) is 0 Å². The number of aromatic amines is 1. The van der Waals surface area contributed by atoms with Crippen LogP contribution >= 0.6 is 0 Å². The zero-order chi connectivity index (χ0) is 14.4. The Morgan fingerprint density at radius 3 is 3.00 bits per heavy atom. The lowest BCUT2D eigenvalue weighted by molar-refractivity contribution is -0.384. The molecule has 3 aromatic heterocycles. The summed E-state index contributed by atoms with van der Waals surface area (Å²) < 4.78 is 1.71. The second-order valence-electron chi connectivity index (χ2n) is 4.64. The molecule has 3 heterocycles. The molecule has 0 bridgehead atoms. The maximum atomic E-state index is 10.8. The summed E-state index contributed by atoms with van der Waals surface area (Å²) in [6, 6.07) is 8.41. The molecule has 0 aliphatic rings. The number of non-ortho nitro benzene ring substituents is 1. The van der Waals surface area contributed by atoms with Crippen LogP contribution in [0.3, 0.4) is 0 Å². The molecule has 0 saturated carbocycles. The lowest BCUT2D eigenvalue weighted by atomic mass is 10.2. The number of nitro groups is 1. The summed E-state index contributed by atoms with van der Waals surface area (Å²) >= 11 is 0. The monoisotopic (exact) mass is 279 g/mol. The van der Waals surface area contributed by atoms with Gasteiger partial charge in [-0.3, -0.25) is 10.1 Å². The van der Waals surface area contributed by atoms with E-state index in [1.165, 1.54) is 12.1 Å². The van der Waals surface area contributed by atoms with E-state index in [9.17, 15) is 10.1 Å². The molecule has 102 valence electrons. The van der Waals surface area contributed by atoms with E-state index in [0.29, 0.717) is 5.52 Å². The molecular weight excluding hydrogens is 270 g/mol. The molecular formula is C14H9N5O2. The Bertz CT molecular complexity index is 985. The Labute approximate surface area is 118 Å². The van der Waals surface area contributed by atoms with Crippen LogP contribution in [0.1, 0.15) is 0 Å². The summed E-state index contributed by atoms with van der Waals surface area (Å²) in [5.74, 6) is 0. The van der Waals surface area contributed by atoms with E-state index in [-0.39, 0.29) is 5.69 Å². The molecule has 0 saturated heterocycles. The van der Waals surface area contributed by atoms with Gasteiger partial charge in [-0.15, -0.1) is 0 Å². The van der Waals surface area contributed by atoms with Crippen LogP contribution in [0.2, 0.25) is 0 Å². The number of nitro benzene ring substituents is 1. The Hall–Kier alpha value is -3.22. The van der Waals surface area contributed by atoms with Crippen molar-refractivity contribution < 1.29 is 4.92 Å². The molecule has 0 radical (unpaired) electrons. The van der Waals surface area contributed by atoms with Gasteiger partial charge in [-0.05, 0) is 18.2 Å². The van der Waals surface area contributed by atoms with E-state index in [1.807, 2.05) is 18.3 Å². The Morgan fingerprint density at radius 2 is 2.14 bits per heavy atom. The van der Waals surface area contributed by atoms with Crippen LogP contribution in [0.5, 0.6) is 0 Å². The van der Waals surface area contributed by atoms with Crippen LogP contribution in [-0.4, -0.2) is 24.7 Å². The van der Waals surface area contributed by atoms with Gasteiger partial charge < -0.3 is 4.98 Å². The molecule has 7 heteroatoms. The number of benzene rings is 1. The maximum Gasteiger partial charge on any atom is 0.270 e. The van der Waals surface area contributed by atoms with Crippen molar-refractivity contribution in [3.63, 3.8) is 0 Å². The summed E-state index contributed by atoms with van der Waals surface area (Å²) in [6.45, 7) is 0. The number of aromatic nitrogens is 4. The average molecular weight is 279 g/mol. The minimum Gasteiger partial charge on any atom is -0.346 e. The molecule has 1 aromatic carbocycles. The maximum absolute atomic E-state index is 10.8. The van der Waals surface area contributed by atoms with Crippen molar-refractivity contribution in [1.29, 1.82) is 0 Å². The third-order valence-electron chi connectivity index (χ3n) is 3.38. The molecule has 7 nitrogen and oxygen atoms in total. The highest BCUT2D eigenvalue weighted by Crippen LogP contribution is 2.24. The number of pyridine rings is 1. The van der Waals surface area contributed by atoms with Crippen LogP contribution in [0, 0.1) is 10.1 Å². The minimum absolute atomic E-state index is 0.0589. The van der Waals surface area contributed by atoms with E-state index < -0.39 is 4.92 Å². The number of nitrogens with one attached hydrogen (secondary N) is 1.